The average molecular weight is 443 g/mol. The fourth-order valence-corrected chi connectivity index (χ4v) is 3.25. The number of amides is 1. The Morgan fingerprint density at radius 3 is 2.70 bits per heavy atom. The van der Waals surface area contributed by atoms with Crippen LogP contribution in [-0.2, 0) is 6.61 Å². The van der Waals surface area contributed by atoms with Crippen molar-refractivity contribution in [2.75, 3.05) is 11.3 Å². The van der Waals surface area contributed by atoms with Crippen LogP contribution in [0.3, 0.4) is 0 Å². The Morgan fingerprint density at radius 2 is 2.04 bits per heavy atom. The summed E-state index contributed by atoms with van der Waals surface area (Å²) < 4.78 is 6.66. The van der Waals surface area contributed by atoms with Gasteiger partial charge >= 0.3 is 5.24 Å². The van der Waals surface area contributed by atoms with Crippen molar-refractivity contribution < 1.29 is 14.7 Å². The molecule has 0 aliphatic heterocycles. The summed E-state index contributed by atoms with van der Waals surface area (Å²) in [6.45, 7) is 4.30. The van der Waals surface area contributed by atoms with Crippen LogP contribution in [0.4, 0.5) is 10.5 Å². The third kappa shape index (κ3) is 4.39. The number of nitrogens with zero attached hydrogens (tertiary/aromatic N) is 1. The number of carbonyl (C=O) groups excluding carboxylic acids is 1. The Balaban J connectivity index is 2.26. The van der Waals surface area contributed by atoms with Gasteiger partial charge in [-0.25, -0.2) is 0 Å². The molecule has 122 valence electrons. The second kappa shape index (κ2) is 8.03. The lowest BCUT2D eigenvalue weighted by Gasteiger charge is -2.19. The molecule has 4 nitrogen and oxygen atoms in total. The number of hydroxylamine groups is 1. The topological polar surface area (TPSA) is 49.8 Å². The van der Waals surface area contributed by atoms with Crippen molar-refractivity contribution in [3.05, 3.63) is 56.7 Å². The van der Waals surface area contributed by atoms with E-state index >= 15 is 0 Å². The minimum Gasteiger partial charge on any atom is -0.489 e. The van der Waals surface area contributed by atoms with Crippen LogP contribution >= 0.6 is 34.4 Å². The molecule has 2 aromatic rings. The summed E-state index contributed by atoms with van der Waals surface area (Å²) >= 11 is 3.05. The van der Waals surface area contributed by atoms with Crippen LogP contribution in [0.15, 0.2) is 36.4 Å². The molecule has 6 heteroatoms. The molecule has 2 rings (SSSR count). The van der Waals surface area contributed by atoms with Crippen LogP contribution in [0.5, 0.6) is 5.75 Å². The first kappa shape index (κ1) is 18.1. The molecular formula is C17H18INO3S. The van der Waals surface area contributed by atoms with Gasteiger partial charge < -0.3 is 4.74 Å². The molecule has 0 fully saturated rings. The van der Waals surface area contributed by atoms with Gasteiger partial charge in [0.25, 0.3) is 0 Å². The van der Waals surface area contributed by atoms with Gasteiger partial charge in [-0.05, 0) is 60.4 Å². The Labute approximate surface area is 153 Å². The number of thioether (sulfide) groups is 1. The number of para-hydroxylation sites is 1. The van der Waals surface area contributed by atoms with Gasteiger partial charge in [-0.1, -0.05) is 41.6 Å². The standard InChI is InChI=1S/C17H18INO3S/c1-11-7-8-15(12(2)9-11)22-10-13-5-4-6-14(18)16(13)19(21)17(20)23-3/h4-9,21H,10H2,1-3H3. The number of anilines is 1. The number of rotatable bonds is 4. The second-order valence-electron chi connectivity index (χ2n) is 5.09. The van der Waals surface area contributed by atoms with E-state index in [1.54, 1.807) is 6.26 Å². The average Bonchev–Trinajstić information content (AvgIpc) is 2.52. The SMILES string of the molecule is CSC(=O)N(O)c1c(I)cccc1COc1ccc(C)cc1C. The van der Waals surface area contributed by atoms with Gasteiger partial charge in [-0.15, -0.1) is 0 Å². The van der Waals surface area contributed by atoms with E-state index in [4.69, 9.17) is 4.74 Å². The first-order valence-corrected chi connectivity index (χ1v) is 9.28. The van der Waals surface area contributed by atoms with Gasteiger partial charge in [0.2, 0.25) is 0 Å². The third-order valence-electron chi connectivity index (χ3n) is 3.34. The quantitative estimate of drug-likeness (QED) is 0.403. The van der Waals surface area contributed by atoms with Crippen LogP contribution in [0, 0.1) is 17.4 Å². The molecule has 2 aromatic carbocycles. The fourth-order valence-electron chi connectivity index (χ4n) is 2.21. The zero-order chi connectivity index (χ0) is 17.0. The van der Waals surface area contributed by atoms with E-state index in [1.165, 1.54) is 5.56 Å². The molecule has 0 unspecified atom stereocenters. The Morgan fingerprint density at radius 1 is 1.30 bits per heavy atom. The number of hydrogen-bond donors (Lipinski definition) is 1. The van der Waals surface area contributed by atoms with Crippen LogP contribution < -0.4 is 9.80 Å². The van der Waals surface area contributed by atoms with Crippen LogP contribution in [-0.4, -0.2) is 16.7 Å². The zero-order valence-electron chi connectivity index (χ0n) is 13.2. The number of hydrogen-bond acceptors (Lipinski definition) is 4. The van der Waals surface area contributed by atoms with Gasteiger partial charge in [0.1, 0.15) is 12.4 Å². The van der Waals surface area contributed by atoms with Crippen molar-refractivity contribution in [3.63, 3.8) is 0 Å². The molecule has 1 amide bonds. The summed E-state index contributed by atoms with van der Waals surface area (Å²) in [7, 11) is 0. The van der Waals surface area contributed by atoms with Crippen LogP contribution in [0.2, 0.25) is 0 Å². The van der Waals surface area contributed by atoms with Gasteiger partial charge in [-0.2, -0.15) is 5.06 Å². The largest absolute Gasteiger partial charge is 0.489 e. The van der Waals surface area contributed by atoms with E-state index < -0.39 is 5.24 Å². The summed E-state index contributed by atoms with van der Waals surface area (Å²) in [5, 5.41) is 10.4. The highest BCUT2D eigenvalue weighted by Gasteiger charge is 2.19. The van der Waals surface area contributed by atoms with Crippen molar-refractivity contribution in [1.29, 1.82) is 0 Å². The highest BCUT2D eigenvalue weighted by molar-refractivity contribution is 14.1. The van der Waals surface area contributed by atoms with Crippen molar-refractivity contribution in [2.24, 2.45) is 0 Å². The maximum Gasteiger partial charge on any atom is 0.309 e. The lowest BCUT2D eigenvalue weighted by atomic mass is 10.1. The predicted molar refractivity (Wildman–Crippen MR) is 103 cm³/mol. The molecule has 1 N–H and O–H groups in total. The summed E-state index contributed by atoms with van der Waals surface area (Å²) in [5.74, 6) is 0.793. The number of halogens is 1. The van der Waals surface area contributed by atoms with E-state index in [2.05, 4.69) is 28.7 Å². The minimum atomic E-state index is -0.429. The number of aryl methyl sites for hydroxylation is 2. The van der Waals surface area contributed by atoms with E-state index in [-0.39, 0.29) is 6.61 Å². The molecule has 23 heavy (non-hydrogen) atoms. The molecule has 0 saturated carbocycles. The molecule has 0 atom stereocenters. The fraction of sp³-hybridized carbons (Fsp3) is 0.235. The maximum absolute atomic E-state index is 11.8. The Kier molecular flexibility index (Phi) is 6.32. The summed E-state index contributed by atoms with van der Waals surface area (Å²) in [6.07, 6.45) is 1.63. The van der Waals surface area contributed by atoms with Gasteiger partial charge in [0.05, 0.1) is 5.69 Å². The van der Waals surface area contributed by atoms with E-state index in [0.717, 1.165) is 32.2 Å². The molecule has 0 spiro atoms. The summed E-state index contributed by atoms with van der Waals surface area (Å²) in [5.41, 5.74) is 3.45. The van der Waals surface area contributed by atoms with E-state index in [9.17, 15) is 10.0 Å². The monoisotopic (exact) mass is 443 g/mol. The highest BCUT2D eigenvalue weighted by Crippen LogP contribution is 2.29. The molecule has 0 bridgehead atoms. The smallest absolute Gasteiger partial charge is 0.309 e. The molecule has 0 aliphatic carbocycles. The Bertz CT molecular complexity index is 721. The van der Waals surface area contributed by atoms with Gasteiger partial charge in [0, 0.05) is 9.13 Å². The van der Waals surface area contributed by atoms with Crippen LogP contribution in [0.25, 0.3) is 0 Å². The number of benzene rings is 2. The number of carbonyl (C=O) groups is 1. The summed E-state index contributed by atoms with van der Waals surface area (Å²) in [6, 6.07) is 11.5. The number of ether oxygens (including phenoxy) is 1. The first-order valence-electron chi connectivity index (χ1n) is 6.98. The van der Waals surface area contributed by atoms with Crippen molar-refractivity contribution in [3.8, 4) is 5.75 Å². The van der Waals surface area contributed by atoms with E-state index in [1.807, 2.05) is 44.2 Å². The van der Waals surface area contributed by atoms with Gasteiger partial charge in [-0.3, -0.25) is 10.0 Å². The summed E-state index contributed by atoms with van der Waals surface area (Å²) in [4.78, 5) is 11.8. The van der Waals surface area contributed by atoms with Crippen molar-refractivity contribution >= 4 is 45.3 Å². The normalized spacial score (nSPS) is 10.5. The molecular weight excluding hydrogens is 425 g/mol. The van der Waals surface area contributed by atoms with Crippen LogP contribution in [0.1, 0.15) is 16.7 Å². The zero-order valence-corrected chi connectivity index (χ0v) is 16.1. The highest BCUT2D eigenvalue weighted by atomic mass is 127. The molecule has 0 saturated heterocycles. The lowest BCUT2D eigenvalue weighted by Crippen LogP contribution is -2.25. The molecule has 0 aromatic heterocycles. The maximum atomic E-state index is 11.8. The molecule has 0 aliphatic rings. The molecule has 0 radical (unpaired) electrons. The predicted octanol–water partition coefficient (Wildman–Crippen LogP) is 5.17. The first-order chi connectivity index (χ1) is 10.9. The van der Waals surface area contributed by atoms with Gasteiger partial charge in [0.15, 0.2) is 0 Å². The Hall–Kier alpha value is -1.25. The minimum absolute atomic E-state index is 0.273. The molecule has 0 heterocycles. The lowest BCUT2D eigenvalue weighted by molar-refractivity contribution is 0.223. The van der Waals surface area contributed by atoms with Crippen molar-refractivity contribution in [2.45, 2.75) is 20.5 Å². The van der Waals surface area contributed by atoms with E-state index in [0.29, 0.717) is 10.8 Å². The third-order valence-corrected chi connectivity index (χ3v) is 4.74. The van der Waals surface area contributed by atoms with Crippen molar-refractivity contribution in [1.82, 2.24) is 0 Å². The second-order valence-corrected chi connectivity index (χ2v) is 7.01.